The lowest BCUT2D eigenvalue weighted by Crippen LogP contribution is -2.48. The maximum absolute atomic E-state index is 13.2. The number of nitrogens with one attached hydrogen (secondary N) is 1. The van der Waals surface area contributed by atoms with Crippen LogP contribution in [0.5, 0.6) is 0 Å². The van der Waals surface area contributed by atoms with Crippen molar-refractivity contribution in [3.05, 3.63) is 93.6 Å². The van der Waals surface area contributed by atoms with Crippen molar-refractivity contribution in [2.75, 3.05) is 36.9 Å². The number of carbonyl (C=O) groups excluding carboxylic acids is 1. The van der Waals surface area contributed by atoms with Crippen LogP contribution in [0.2, 0.25) is 0 Å². The normalized spacial score (nSPS) is 14.6. The van der Waals surface area contributed by atoms with Crippen molar-refractivity contribution in [2.24, 2.45) is 0 Å². The van der Waals surface area contributed by atoms with Crippen molar-refractivity contribution in [3.63, 3.8) is 0 Å². The van der Waals surface area contributed by atoms with Gasteiger partial charge in [-0.1, -0.05) is 18.2 Å². The van der Waals surface area contributed by atoms with E-state index in [1.807, 2.05) is 56.1 Å². The van der Waals surface area contributed by atoms with Crippen LogP contribution in [0.1, 0.15) is 34.5 Å². The fraction of sp³-hybridized carbons (Fsp3) is 0.233. The molecule has 8 heteroatoms. The molecule has 5 rings (SSSR count). The number of rotatable bonds is 6. The Morgan fingerprint density at radius 2 is 1.76 bits per heavy atom. The Balaban J connectivity index is 1.50. The number of aromatic carboxylic acids is 1. The van der Waals surface area contributed by atoms with Gasteiger partial charge in [0.2, 0.25) is 5.91 Å². The van der Waals surface area contributed by atoms with Crippen LogP contribution in [0.4, 0.5) is 11.4 Å². The SMILES string of the molecule is Cc1cc(C(C)Nc2ccccc2C(=O)O)c2oc(-c3ccc(N4CCN(C)C(=O)C4)cc3)cc(=O)c2c1. The van der Waals surface area contributed by atoms with E-state index in [4.69, 9.17) is 4.42 Å². The van der Waals surface area contributed by atoms with Gasteiger partial charge in [-0.2, -0.15) is 0 Å². The highest BCUT2D eigenvalue weighted by Gasteiger charge is 2.22. The first kappa shape index (κ1) is 25.1. The standard InChI is InChI=1S/C30H29N3O5/c1-18-14-23(19(2)31-25-7-5-4-6-22(25)30(36)37)29-24(15-18)26(34)16-27(38-29)20-8-10-21(11-9-20)33-13-12-32(3)28(35)17-33/h4-11,14-16,19,31H,12-13,17H2,1-3H3,(H,36,37). The maximum Gasteiger partial charge on any atom is 0.337 e. The molecule has 1 fully saturated rings. The van der Waals surface area contributed by atoms with Gasteiger partial charge in [-0.15, -0.1) is 0 Å². The van der Waals surface area contributed by atoms with Crippen LogP contribution in [-0.4, -0.2) is 48.6 Å². The molecule has 0 radical (unpaired) electrons. The van der Waals surface area contributed by atoms with Crippen LogP contribution in [-0.2, 0) is 4.79 Å². The van der Waals surface area contributed by atoms with Crippen LogP contribution in [0.3, 0.4) is 0 Å². The second kappa shape index (κ2) is 10.0. The lowest BCUT2D eigenvalue weighted by molar-refractivity contribution is -0.129. The van der Waals surface area contributed by atoms with Crippen LogP contribution in [0.25, 0.3) is 22.3 Å². The van der Waals surface area contributed by atoms with Crippen molar-refractivity contribution in [1.29, 1.82) is 0 Å². The molecule has 4 aromatic rings. The third-order valence-electron chi connectivity index (χ3n) is 6.97. The van der Waals surface area contributed by atoms with E-state index in [-0.39, 0.29) is 22.9 Å². The molecule has 1 aromatic heterocycles. The van der Waals surface area contributed by atoms with Crippen LogP contribution in [0.15, 0.2) is 75.9 Å². The summed E-state index contributed by atoms with van der Waals surface area (Å²) in [5, 5.41) is 13.3. The number of amides is 1. The van der Waals surface area contributed by atoms with E-state index in [2.05, 4.69) is 5.32 Å². The van der Waals surface area contributed by atoms with Gasteiger partial charge >= 0.3 is 5.97 Å². The molecule has 1 aliphatic heterocycles. The number of likely N-dealkylation sites (N-methyl/N-ethyl adjacent to an activating group) is 1. The third kappa shape index (κ3) is 4.85. The number of carboxylic acid groups (broad SMARTS) is 1. The molecular formula is C30H29N3O5. The largest absolute Gasteiger partial charge is 0.478 e. The van der Waals surface area contributed by atoms with Gasteiger partial charge in [0, 0.05) is 48.7 Å². The monoisotopic (exact) mass is 511 g/mol. The number of anilines is 2. The van der Waals surface area contributed by atoms with Gasteiger partial charge in [0.1, 0.15) is 11.3 Å². The van der Waals surface area contributed by atoms with E-state index in [1.165, 1.54) is 6.07 Å². The number of piperazine rings is 1. The van der Waals surface area contributed by atoms with E-state index in [0.717, 1.165) is 28.9 Å². The summed E-state index contributed by atoms with van der Waals surface area (Å²) in [6.45, 7) is 5.58. The summed E-state index contributed by atoms with van der Waals surface area (Å²) < 4.78 is 6.34. The highest BCUT2D eigenvalue weighted by atomic mass is 16.4. The Hall–Kier alpha value is -4.59. The van der Waals surface area contributed by atoms with E-state index in [9.17, 15) is 19.5 Å². The van der Waals surface area contributed by atoms with Crippen molar-refractivity contribution in [1.82, 2.24) is 4.90 Å². The smallest absolute Gasteiger partial charge is 0.337 e. The average Bonchev–Trinajstić information content (AvgIpc) is 2.90. The summed E-state index contributed by atoms with van der Waals surface area (Å²) in [4.78, 5) is 40.7. The number of benzene rings is 3. The number of hydrogen-bond acceptors (Lipinski definition) is 6. The van der Waals surface area contributed by atoms with Crippen molar-refractivity contribution in [2.45, 2.75) is 19.9 Å². The van der Waals surface area contributed by atoms with Crippen molar-refractivity contribution < 1.29 is 19.1 Å². The lowest BCUT2D eigenvalue weighted by atomic mass is 10.00. The van der Waals surface area contributed by atoms with E-state index in [0.29, 0.717) is 35.5 Å². The zero-order chi connectivity index (χ0) is 27.0. The lowest BCUT2D eigenvalue weighted by Gasteiger charge is -2.33. The molecule has 1 aliphatic rings. The molecule has 194 valence electrons. The number of carboxylic acids is 1. The molecule has 1 atom stereocenters. The summed E-state index contributed by atoms with van der Waals surface area (Å²) in [7, 11) is 1.81. The Labute approximate surface area is 220 Å². The van der Waals surface area contributed by atoms with Crippen molar-refractivity contribution in [3.8, 4) is 11.3 Å². The molecule has 2 heterocycles. The zero-order valence-electron chi connectivity index (χ0n) is 21.5. The molecule has 38 heavy (non-hydrogen) atoms. The number of fused-ring (bicyclic) bond motifs is 1. The second-order valence-corrected chi connectivity index (χ2v) is 9.71. The van der Waals surface area contributed by atoms with Crippen LogP contribution in [0, 0.1) is 6.92 Å². The Morgan fingerprint density at radius 1 is 1.03 bits per heavy atom. The fourth-order valence-electron chi connectivity index (χ4n) is 4.82. The number of para-hydroxylation sites is 1. The summed E-state index contributed by atoms with van der Waals surface area (Å²) in [5.41, 5.74) is 4.29. The molecule has 1 amide bonds. The minimum absolute atomic E-state index is 0.0809. The van der Waals surface area contributed by atoms with Crippen LogP contribution >= 0.6 is 0 Å². The predicted octanol–water partition coefficient (Wildman–Crippen LogP) is 4.92. The summed E-state index contributed by atoms with van der Waals surface area (Å²) in [6, 6.07) is 19.3. The van der Waals surface area contributed by atoms with E-state index < -0.39 is 5.97 Å². The molecule has 3 aromatic carbocycles. The molecule has 0 saturated carbocycles. The molecule has 2 N–H and O–H groups in total. The average molecular weight is 512 g/mol. The number of hydrogen-bond donors (Lipinski definition) is 2. The van der Waals surface area contributed by atoms with Gasteiger partial charge in [0.15, 0.2) is 5.43 Å². The molecule has 8 nitrogen and oxygen atoms in total. The molecular weight excluding hydrogens is 482 g/mol. The van der Waals surface area contributed by atoms with E-state index in [1.54, 1.807) is 35.2 Å². The maximum atomic E-state index is 13.2. The quantitative estimate of drug-likeness (QED) is 0.379. The van der Waals surface area contributed by atoms with Crippen LogP contribution < -0.4 is 15.6 Å². The second-order valence-electron chi connectivity index (χ2n) is 9.71. The summed E-state index contributed by atoms with van der Waals surface area (Å²) in [5.74, 6) is -0.503. The summed E-state index contributed by atoms with van der Waals surface area (Å²) in [6.07, 6.45) is 0. The van der Waals surface area contributed by atoms with Gasteiger partial charge in [-0.25, -0.2) is 4.79 Å². The number of nitrogens with zero attached hydrogens (tertiary/aromatic N) is 2. The first-order chi connectivity index (χ1) is 18.2. The minimum Gasteiger partial charge on any atom is -0.478 e. The first-order valence-electron chi connectivity index (χ1n) is 12.5. The molecule has 0 spiro atoms. The van der Waals surface area contributed by atoms with Gasteiger partial charge in [0.25, 0.3) is 0 Å². The molecule has 1 unspecified atom stereocenters. The first-order valence-corrected chi connectivity index (χ1v) is 12.5. The topological polar surface area (TPSA) is 103 Å². The third-order valence-corrected chi connectivity index (χ3v) is 6.97. The van der Waals surface area contributed by atoms with E-state index >= 15 is 0 Å². The fourth-order valence-corrected chi connectivity index (χ4v) is 4.82. The molecule has 1 saturated heterocycles. The Kier molecular flexibility index (Phi) is 6.63. The zero-order valence-corrected chi connectivity index (χ0v) is 21.5. The molecule has 0 bridgehead atoms. The molecule has 0 aliphatic carbocycles. The predicted molar refractivity (Wildman–Crippen MR) is 148 cm³/mol. The number of aryl methyl sites for hydroxylation is 1. The van der Waals surface area contributed by atoms with Gasteiger partial charge in [-0.3, -0.25) is 9.59 Å². The minimum atomic E-state index is -1.02. The van der Waals surface area contributed by atoms with Gasteiger partial charge in [0.05, 0.1) is 23.5 Å². The highest BCUT2D eigenvalue weighted by Crippen LogP contribution is 2.32. The van der Waals surface area contributed by atoms with Crippen molar-refractivity contribution >= 4 is 34.2 Å². The summed E-state index contributed by atoms with van der Waals surface area (Å²) >= 11 is 0. The Morgan fingerprint density at radius 3 is 2.47 bits per heavy atom. The van der Waals surface area contributed by atoms with Gasteiger partial charge < -0.3 is 24.6 Å². The highest BCUT2D eigenvalue weighted by molar-refractivity contribution is 5.94. The number of carbonyl (C=O) groups is 2. The Bertz CT molecular complexity index is 1590. The van der Waals surface area contributed by atoms with Gasteiger partial charge in [-0.05, 0) is 61.9 Å².